The predicted octanol–water partition coefficient (Wildman–Crippen LogP) is 3.09. The largest absolute Gasteiger partial charge is 0.506 e. The predicted molar refractivity (Wildman–Crippen MR) is 70.9 cm³/mol. The minimum absolute atomic E-state index is 0.0812. The van der Waals surface area contributed by atoms with Crippen LogP contribution in [0.25, 0.3) is 0 Å². The number of aromatic nitrogens is 1. The van der Waals surface area contributed by atoms with Crippen molar-refractivity contribution in [3.05, 3.63) is 24.0 Å². The normalized spacial score (nSPS) is 12.8. The van der Waals surface area contributed by atoms with E-state index in [-0.39, 0.29) is 11.3 Å². The van der Waals surface area contributed by atoms with E-state index in [1.807, 2.05) is 6.07 Å². The number of hydrogen-bond donors (Lipinski definition) is 2. The highest BCUT2D eigenvalue weighted by molar-refractivity contribution is 5.17. The van der Waals surface area contributed by atoms with E-state index in [1.54, 1.807) is 6.07 Å². The number of rotatable bonds is 4. The summed E-state index contributed by atoms with van der Waals surface area (Å²) in [5.41, 5.74) is 1.33. The molecule has 3 heteroatoms. The van der Waals surface area contributed by atoms with Crippen LogP contribution in [-0.4, -0.2) is 15.6 Å². The molecule has 0 fully saturated rings. The maximum Gasteiger partial charge on any atom is 0.133 e. The molecule has 1 aromatic heterocycles. The van der Waals surface area contributed by atoms with Gasteiger partial charge in [0.1, 0.15) is 5.75 Å². The van der Waals surface area contributed by atoms with Crippen LogP contribution in [0.4, 0.5) is 0 Å². The third-order valence-corrected chi connectivity index (χ3v) is 2.53. The van der Waals surface area contributed by atoms with Crippen molar-refractivity contribution in [3.8, 4) is 5.75 Å². The van der Waals surface area contributed by atoms with E-state index in [1.165, 1.54) is 6.20 Å². The summed E-state index contributed by atoms with van der Waals surface area (Å²) in [5.74, 6) is 0.211. The summed E-state index contributed by atoms with van der Waals surface area (Å²) in [5, 5.41) is 12.7. The first-order valence-corrected chi connectivity index (χ1v) is 6.07. The van der Waals surface area contributed by atoms with E-state index in [9.17, 15) is 0 Å². The van der Waals surface area contributed by atoms with Crippen LogP contribution in [0.2, 0.25) is 0 Å². The molecular weight excluding hydrogens is 212 g/mol. The van der Waals surface area contributed by atoms with Crippen LogP contribution < -0.4 is 5.32 Å². The Balaban J connectivity index is 2.52. The maximum absolute atomic E-state index is 9.15. The SMILES string of the molecule is CC(C)(C)CC(C)(C)NCc1ccc(O)cn1. The summed E-state index contributed by atoms with van der Waals surface area (Å²) in [6, 6.07) is 3.51. The van der Waals surface area contributed by atoms with Crippen LogP contribution in [0.1, 0.15) is 46.7 Å². The minimum Gasteiger partial charge on any atom is -0.506 e. The van der Waals surface area contributed by atoms with Gasteiger partial charge in [-0.25, -0.2) is 0 Å². The fourth-order valence-corrected chi connectivity index (χ4v) is 2.24. The highest BCUT2D eigenvalue weighted by Gasteiger charge is 2.24. The van der Waals surface area contributed by atoms with Gasteiger partial charge in [0.25, 0.3) is 0 Å². The van der Waals surface area contributed by atoms with Crippen LogP contribution in [0.3, 0.4) is 0 Å². The van der Waals surface area contributed by atoms with Crippen molar-refractivity contribution in [1.29, 1.82) is 0 Å². The molecule has 0 radical (unpaired) electrons. The topological polar surface area (TPSA) is 45.1 Å². The van der Waals surface area contributed by atoms with Crippen molar-refractivity contribution in [2.45, 2.75) is 53.1 Å². The molecule has 0 saturated carbocycles. The second-order valence-electron chi connectivity index (χ2n) is 6.48. The van der Waals surface area contributed by atoms with Gasteiger partial charge in [-0.1, -0.05) is 20.8 Å². The van der Waals surface area contributed by atoms with E-state index in [4.69, 9.17) is 5.11 Å². The molecule has 1 rings (SSSR count). The Morgan fingerprint density at radius 2 is 1.82 bits per heavy atom. The lowest BCUT2D eigenvalue weighted by molar-refractivity contribution is 0.240. The minimum atomic E-state index is 0.0812. The monoisotopic (exact) mass is 236 g/mol. The van der Waals surface area contributed by atoms with E-state index in [0.29, 0.717) is 5.41 Å². The van der Waals surface area contributed by atoms with Gasteiger partial charge in [-0.15, -0.1) is 0 Å². The number of nitrogens with zero attached hydrogens (tertiary/aromatic N) is 1. The van der Waals surface area contributed by atoms with Crippen molar-refractivity contribution < 1.29 is 5.11 Å². The Bertz CT molecular complexity index is 349. The van der Waals surface area contributed by atoms with Gasteiger partial charge in [0.15, 0.2) is 0 Å². The first kappa shape index (κ1) is 14.0. The molecule has 0 atom stereocenters. The van der Waals surface area contributed by atoms with Crippen LogP contribution in [0.5, 0.6) is 5.75 Å². The van der Waals surface area contributed by atoms with Gasteiger partial charge < -0.3 is 10.4 Å². The molecule has 17 heavy (non-hydrogen) atoms. The first-order valence-electron chi connectivity index (χ1n) is 6.07. The zero-order chi connectivity index (χ0) is 13.1. The van der Waals surface area contributed by atoms with Gasteiger partial charge in [0, 0.05) is 12.1 Å². The summed E-state index contributed by atoms with van der Waals surface area (Å²) < 4.78 is 0. The lowest BCUT2D eigenvalue weighted by Crippen LogP contribution is -2.41. The molecule has 1 aromatic rings. The molecule has 1 heterocycles. The van der Waals surface area contributed by atoms with Crippen LogP contribution in [0, 0.1) is 5.41 Å². The molecule has 0 unspecified atom stereocenters. The molecule has 0 amide bonds. The van der Waals surface area contributed by atoms with Crippen molar-refractivity contribution in [2.75, 3.05) is 0 Å². The standard InChI is InChI=1S/C14H24N2O/c1-13(2,3)10-14(4,5)16-8-11-6-7-12(17)9-15-11/h6-7,9,16-17H,8,10H2,1-5H3. The van der Waals surface area contributed by atoms with Crippen molar-refractivity contribution >= 4 is 0 Å². The summed E-state index contributed by atoms with van der Waals surface area (Å²) in [6.45, 7) is 11.9. The van der Waals surface area contributed by atoms with Gasteiger partial charge in [0.05, 0.1) is 11.9 Å². The van der Waals surface area contributed by atoms with Crippen molar-refractivity contribution in [2.24, 2.45) is 5.41 Å². The van der Waals surface area contributed by atoms with Gasteiger partial charge in [0.2, 0.25) is 0 Å². The lowest BCUT2D eigenvalue weighted by Gasteiger charge is -2.33. The zero-order valence-electron chi connectivity index (χ0n) is 11.5. The maximum atomic E-state index is 9.15. The van der Waals surface area contributed by atoms with Crippen LogP contribution in [-0.2, 0) is 6.54 Å². The molecule has 0 aliphatic carbocycles. The highest BCUT2D eigenvalue weighted by atomic mass is 16.3. The number of nitrogens with one attached hydrogen (secondary N) is 1. The van der Waals surface area contributed by atoms with E-state index in [0.717, 1.165) is 18.7 Å². The summed E-state index contributed by atoms with van der Waals surface area (Å²) in [7, 11) is 0. The zero-order valence-corrected chi connectivity index (χ0v) is 11.5. The quantitative estimate of drug-likeness (QED) is 0.844. The van der Waals surface area contributed by atoms with Crippen molar-refractivity contribution in [3.63, 3.8) is 0 Å². The van der Waals surface area contributed by atoms with E-state index < -0.39 is 0 Å². The van der Waals surface area contributed by atoms with Gasteiger partial charge in [-0.2, -0.15) is 0 Å². The van der Waals surface area contributed by atoms with Gasteiger partial charge in [-0.3, -0.25) is 4.98 Å². The van der Waals surface area contributed by atoms with E-state index in [2.05, 4.69) is 44.9 Å². The molecule has 2 N–H and O–H groups in total. The average Bonchev–Trinajstić information content (AvgIpc) is 2.13. The van der Waals surface area contributed by atoms with E-state index >= 15 is 0 Å². The molecule has 96 valence electrons. The summed E-state index contributed by atoms with van der Waals surface area (Å²) >= 11 is 0. The molecule has 0 aromatic carbocycles. The number of pyridine rings is 1. The highest BCUT2D eigenvalue weighted by Crippen LogP contribution is 2.26. The second kappa shape index (κ2) is 5.05. The fraction of sp³-hybridized carbons (Fsp3) is 0.643. The van der Waals surface area contributed by atoms with Gasteiger partial charge in [-0.05, 0) is 37.8 Å². The fourth-order valence-electron chi connectivity index (χ4n) is 2.24. The third-order valence-electron chi connectivity index (χ3n) is 2.53. The Kier molecular flexibility index (Phi) is 4.15. The smallest absolute Gasteiger partial charge is 0.133 e. The Hall–Kier alpha value is -1.09. The Morgan fingerprint density at radius 1 is 1.18 bits per heavy atom. The van der Waals surface area contributed by atoms with Gasteiger partial charge >= 0.3 is 0 Å². The molecule has 0 saturated heterocycles. The third kappa shape index (κ3) is 5.68. The molecule has 0 aliphatic rings. The number of aromatic hydroxyl groups is 1. The molecule has 0 spiro atoms. The Labute approximate surface area is 104 Å². The first-order chi connectivity index (χ1) is 7.68. The lowest BCUT2D eigenvalue weighted by atomic mass is 9.82. The molecule has 0 bridgehead atoms. The summed E-state index contributed by atoms with van der Waals surface area (Å²) in [6.07, 6.45) is 2.58. The molecule has 0 aliphatic heterocycles. The average molecular weight is 236 g/mol. The Morgan fingerprint density at radius 3 is 2.29 bits per heavy atom. The number of hydrogen-bond acceptors (Lipinski definition) is 3. The van der Waals surface area contributed by atoms with Crippen molar-refractivity contribution in [1.82, 2.24) is 10.3 Å². The summed E-state index contributed by atoms with van der Waals surface area (Å²) in [4.78, 5) is 4.17. The van der Waals surface area contributed by atoms with Crippen LogP contribution in [0.15, 0.2) is 18.3 Å². The molecular formula is C14H24N2O. The van der Waals surface area contributed by atoms with Crippen LogP contribution >= 0.6 is 0 Å². The molecule has 3 nitrogen and oxygen atoms in total. The second-order valence-corrected chi connectivity index (χ2v) is 6.48.